The quantitative estimate of drug-likeness (QED) is 0.740. The number of aromatic amines is 1. The summed E-state index contributed by atoms with van der Waals surface area (Å²) in [5.74, 6) is 0.138. The maximum Gasteiger partial charge on any atom is 0.294 e. The molecule has 3 rings (SSSR count). The Morgan fingerprint density at radius 2 is 2.05 bits per heavy atom. The first-order chi connectivity index (χ1) is 10.0. The summed E-state index contributed by atoms with van der Waals surface area (Å²) in [5, 5.41) is 0.683. The molecule has 0 unspecified atom stereocenters. The molecular formula is C14H10FN3O2S. The van der Waals surface area contributed by atoms with Crippen molar-refractivity contribution in [2.75, 3.05) is 0 Å². The molecular weight excluding hydrogens is 293 g/mol. The van der Waals surface area contributed by atoms with E-state index < -0.39 is 0 Å². The highest BCUT2D eigenvalue weighted by atomic mass is 32.1. The van der Waals surface area contributed by atoms with Gasteiger partial charge >= 0.3 is 0 Å². The van der Waals surface area contributed by atoms with Crippen LogP contribution >= 0.6 is 12.2 Å². The SMILES string of the molecule is Cn1c(=O)c(Oc2ccc(F)cc2)cc2cnc(=S)[nH]c21. The zero-order valence-electron chi connectivity index (χ0n) is 11.0. The maximum absolute atomic E-state index is 12.9. The number of nitrogens with one attached hydrogen (secondary N) is 1. The average Bonchev–Trinajstić information content (AvgIpc) is 2.47. The lowest BCUT2D eigenvalue weighted by Crippen LogP contribution is -2.19. The number of nitrogens with zero attached hydrogens (tertiary/aromatic N) is 2. The molecule has 106 valence electrons. The molecule has 5 nitrogen and oxygen atoms in total. The number of hydrogen-bond acceptors (Lipinski definition) is 4. The fourth-order valence-electron chi connectivity index (χ4n) is 1.95. The van der Waals surface area contributed by atoms with Crippen molar-refractivity contribution in [1.82, 2.24) is 14.5 Å². The van der Waals surface area contributed by atoms with Crippen LogP contribution < -0.4 is 10.3 Å². The van der Waals surface area contributed by atoms with Gasteiger partial charge in [-0.25, -0.2) is 9.37 Å². The van der Waals surface area contributed by atoms with Gasteiger partial charge in [0.2, 0.25) is 0 Å². The van der Waals surface area contributed by atoms with Crippen molar-refractivity contribution in [3.05, 3.63) is 57.5 Å². The lowest BCUT2D eigenvalue weighted by atomic mass is 10.3. The Labute approximate surface area is 123 Å². The number of pyridine rings is 1. The largest absolute Gasteiger partial charge is 0.452 e. The number of aryl methyl sites for hydroxylation is 1. The molecule has 0 spiro atoms. The van der Waals surface area contributed by atoms with E-state index in [1.165, 1.54) is 28.8 Å². The monoisotopic (exact) mass is 303 g/mol. The molecule has 2 aromatic heterocycles. The number of ether oxygens (including phenoxy) is 1. The smallest absolute Gasteiger partial charge is 0.294 e. The summed E-state index contributed by atoms with van der Waals surface area (Å²) >= 11 is 4.94. The lowest BCUT2D eigenvalue weighted by molar-refractivity contribution is 0.470. The molecule has 0 fully saturated rings. The van der Waals surface area contributed by atoms with Gasteiger partial charge in [-0.15, -0.1) is 0 Å². The van der Waals surface area contributed by atoms with Gasteiger partial charge < -0.3 is 9.72 Å². The topological polar surface area (TPSA) is 59.9 Å². The van der Waals surface area contributed by atoms with Gasteiger partial charge in [0.1, 0.15) is 17.2 Å². The molecule has 1 aromatic carbocycles. The second-order valence-corrected chi connectivity index (χ2v) is 4.81. The summed E-state index contributed by atoms with van der Waals surface area (Å²) in [5.41, 5.74) is 0.232. The third-order valence-electron chi connectivity index (χ3n) is 3.00. The van der Waals surface area contributed by atoms with Crippen LogP contribution in [-0.4, -0.2) is 14.5 Å². The first-order valence-corrected chi connectivity index (χ1v) is 6.48. The molecule has 1 N–H and O–H groups in total. The van der Waals surface area contributed by atoms with Crippen LogP contribution in [-0.2, 0) is 7.05 Å². The van der Waals surface area contributed by atoms with Crippen LogP contribution in [0.3, 0.4) is 0 Å². The zero-order valence-corrected chi connectivity index (χ0v) is 11.8. The van der Waals surface area contributed by atoms with Gasteiger partial charge in [0.05, 0.1) is 0 Å². The van der Waals surface area contributed by atoms with Gasteiger partial charge in [-0.05, 0) is 42.5 Å². The predicted octanol–water partition coefficient (Wildman–Crippen LogP) is 2.92. The van der Waals surface area contributed by atoms with Crippen LogP contribution in [0.25, 0.3) is 11.0 Å². The van der Waals surface area contributed by atoms with Crippen LogP contribution in [0.2, 0.25) is 0 Å². The molecule has 0 saturated carbocycles. The number of fused-ring (bicyclic) bond motifs is 1. The molecule has 21 heavy (non-hydrogen) atoms. The maximum atomic E-state index is 12.9. The number of aromatic nitrogens is 3. The number of hydrogen-bond donors (Lipinski definition) is 1. The van der Waals surface area contributed by atoms with Gasteiger partial charge in [-0.3, -0.25) is 9.36 Å². The molecule has 0 amide bonds. The molecule has 0 bridgehead atoms. The van der Waals surface area contributed by atoms with E-state index in [0.29, 0.717) is 21.6 Å². The Morgan fingerprint density at radius 1 is 1.33 bits per heavy atom. The molecule has 0 aliphatic heterocycles. The van der Waals surface area contributed by atoms with Crippen molar-refractivity contribution >= 4 is 23.3 Å². The molecule has 0 atom stereocenters. The molecule has 0 aliphatic carbocycles. The number of benzene rings is 1. The summed E-state index contributed by atoms with van der Waals surface area (Å²) in [6.07, 6.45) is 1.56. The second kappa shape index (κ2) is 5.10. The summed E-state index contributed by atoms with van der Waals surface area (Å²) in [6.45, 7) is 0. The number of halogens is 1. The van der Waals surface area contributed by atoms with E-state index in [1.807, 2.05) is 0 Å². The Morgan fingerprint density at radius 3 is 2.76 bits per heavy atom. The van der Waals surface area contributed by atoms with E-state index in [1.54, 1.807) is 19.3 Å². The minimum Gasteiger partial charge on any atom is -0.452 e. The van der Waals surface area contributed by atoms with Crippen LogP contribution in [0, 0.1) is 10.6 Å². The van der Waals surface area contributed by atoms with Gasteiger partial charge in [-0.1, -0.05) is 0 Å². The van der Waals surface area contributed by atoms with E-state index in [4.69, 9.17) is 17.0 Å². The van der Waals surface area contributed by atoms with Gasteiger partial charge in [0.25, 0.3) is 5.56 Å². The van der Waals surface area contributed by atoms with Crippen LogP contribution in [0.1, 0.15) is 0 Å². The highest BCUT2D eigenvalue weighted by Crippen LogP contribution is 2.21. The summed E-state index contributed by atoms with van der Waals surface area (Å²) in [4.78, 5) is 19.1. The van der Waals surface area contributed by atoms with E-state index in [2.05, 4.69) is 9.97 Å². The summed E-state index contributed by atoms with van der Waals surface area (Å²) < 4.78 is 20.1. The van der Waals surface area contributed by atoms with Gasteiger partial charge in [0, 0.05) is 18.6 Å². The normalized spacial score (nSPS) is 10.8. The van der Waals surface area contributed by atoms with Crippen molar-refractivity contribution in [3.8, 4) is 11.5 Å². The molecule has 0 saturated heterocycles. The average molecular weight is 303 g/mol. The van der Waals surface area contributed by atoms with E-state index in [9.17, 15) is 9.18 Å². The molecule has 3 aromatic rings. The lowest BCUT2D eigenvalue weighted by Gasteiger charge is -2.09. The Bertz CT molecular complexity index is 932. The van der Waals surface area contributed by atoms with Crippen molar-refractivity contribution < 1.29 is 9.13 Å². The number of H-pyrrole nitrogens is 1. The van der Waals surface area contributed by atoms with Crippen LogP contribution in [0.5, 0.6) is 11.5 Å². The van der Waals surface area contributed by atoms with E-state index in [0.717, 1.165) is 0 Å². The third kappa shape index (κ3) is 2.55. The van der Waals surface area contributed by atoms with Crippen molar-refractivity contribution in [2.24, 2.45) is 7.05 Å². The first-order valence-electron chi connectivity index (χ1n) is 6.07. The fourth-order valence-corrected chi connectivity index (χ4v) is 2.10. The Balaban J connectivity index is 2.13. The molecule has 7 heteroatoms. The molecule has 2 heterocycles. The highest BCUT2D eigenvalue weighted by molar-refractivity contribution is 7.71. The molecule has 0 radical (unpaired) electrons. The third-order valence-corrected chi connectivity index (χ3v) is 3.21. The zero-order chi connectivity index (χ0) is 15.0. The highest BCUT2D eigenvalue weighted by Gasteiger charge is 2.09. The predicted molar refractivity (Wildman–Crippen MR) is 78.6 cm³/mol. The number of rotatable bonds is 2. The van der Waals surface area contributed by atoms with Gasteiger partial charge in [0.15, 0.2) is 10.5 Å². The molecule has 0 aliphatic rings. The van der Waals surface area contributed by atoms with E-state index >= 15 is 0 Å². The first kappa shape index (κ1) is 13.4. The van der Waals surface area contributed by atoms with Crippen molar-refractivity contribution in [2.45, 2.75) is 0 Å². The second-order valence-electron chi connectivity index (χ2n) is 4.42. The summed E-state index contributed by atoms with van der Waals surface area (Å²) in [7, 11) is 1.60. The minimum absolute atomic E-state index is 0.129. The van der Waals surface area contributed by atoms with Crippen LogP contribution in [0.15, 0.2) is 41.3 Å². The van der Waals surface area contributed by atoms with Gasteiger partial charge in [-0.2, -0.15) is 0 Å². The standard InChI is InChI=1S/C14H10FN3O2S/c1-18-12-8(7-16-14(21)17-12)6-11(13(18)19)20-10-4-2-9(15)3-5-10/h2-7H,1H3,(H,16,17,21). The van der Waals surface area contributed by atoms with E-state index in [-0.39, 0.29) is 17.1 Å². The fraction of sp³-hybridized carbons (Fsp3) is 0.0714. The Hall–Kier alpha value is -2.54. The van der Waals surface area contributed by atoms with Crippen LogP contribution in [0.4, 0.5) is 4.39 Å². The van der Waals surface area contributed by atoms with Crippen molar-refractivity contribution in [3.63, 3.8) is 0 Å². The van der Waals surface area contributed by atoms with Crippen molar-refractivity contribution in [1.29, 1.82) is 0 Å². The summed E-state index contributed by atoms with van der Waals surface area (Å²) in [6, 6.07) is 7.00. The Kier molecular flexibility index (Phi) is 3.26. The minimum atomic E-state index is -0.370.